The van der Waals surface area contributed by atoms with Gasteiger partial charge in [0.25, 0.3) is 0 Å². The molecule has 0 saturated carbocycles. The van der Waals surface area contributed by atoms with Crippen molar-refractivity contribution in [3.63, 3.8) is 0 Å². The maximum Gasteiger partial charge on any atom is 0.408 e. The van der Waals surface area contributed by atoms with Gasteiger partial charge in [-0.1, -0.05) is 36.4 Å². The molecule has 2 N–H and O–H groups in total. The van der Waals surface area contributed by atoms with E-state index in [0.717, 1.165) is 5.56 Å². The van der Waals surface area contributed by atoms with Crippen LogP contribution < -0.4 is 20.1 Å². The van der Waals surface area contributed by atoms with Crippen LogP contribution in [0.2, 0.25) is 0 Å². The highest BCUT2D eigenvalue weighted by Gasteiger charge is 2.30. The van der Waals surface area contributed by atoms with Crippen LogP contribution >= 0.6 is 0 Å². The van der Waals surface area contributed by atoms with Gasteiger partial charge in [-0.2, -0.15) is 0 Å². The van der Waals surface area contributed by atoms with Gasteiger partial charge in [-0.05, 0) is 89.4 Å². The summed E-state index contributed by atoms with van der Waals surface area (Å²) in [6, 6.07) is 15.2. The molecule has 3 aromatic carbocycles. The van der Waals surface area contributed by atoms with Crippen molar-refractivity contribution >= 4 is 29.9 Å². The van der Waals surface area contributed by atoms with Gasteiger partial charge < -0.3 is 39.1 Å². The third-order valence-corrected chi connectivity index (χ3v) is 7.54. The van der Waals surface area contributed by atoms with E-state index in [0.29, 0.717) is 28.0 Å². The van der Waals surface area contributed by atoms with Gasteiger partial charge in [0.2, 0.25) is 0 Å². The number of Topliss-reactive ketones (excluding diaryl/α,β-unsaturated/α-hetero) is 1. The second-order valence-corrected chi connectivity index (χ2v) is 14.2. The van der Waals surface area contributed by atoms with E-state index in [4.69, 9.17) is 28.4 Å². The number of rotatable bonds is 14. The Bertz CT molecular complexity index is 1780. The van der Waals surface area contributed by atoms with E-state index in [1.807, 2.05) is 18.2 Å². The zero-order chi connectivity index (χ0) is 39.5. The molecule has 0 heterocycles. The van der Waals surface area contributed by atoms with Crippen LogP contribution in [0.15, 0.2) is 60.7 Å². The highest BCUT2D eigenvalue weighted by molar-refractivity contribution is 6.00. The number of carbonyl (C=O) groups is 5. The fraction of sp³-hybridized carbons (Fsp3) is 0.425. The van der Waals surface area contributed by atoms with E-state index < -0.39 is 47.4 Å². The van der Waals surface area contributed by atoms with Crippen LogP contribution in [0.25, 0.3) is 11.1 Å². The molecular weight excluding hydrogens is 684 g/mol. The average Bonchev–Trinajstić information content (AvgIpc) is 3.08. The van der Waals surface area contributed by atoms with E-state index in [1.165, 1.54) is 28.3 Å². The molecule has 3 aromatic rings. The number of hydrogen-bond donors (Lipinski definition) is 2. The van der Waals surface area contributed by atoms with E-state index in [9.17, 15) is 24.0 Å². The molecule has 0 spiro atoms. The predicted octanol–water partition coefficient (Wildman–Crippen LogP) is 6.36. The number of hydrogen-bond acceptors (Lipinski definition) is 11. The molecule has 3 rings (SSSR count). The van der Waals surface area contributed by atoms with Crippen LogP contribution in [0.3, 0.4) is 0 Å². The Morgan fingerprint density at radius 3 is 1.79 bits per heavy atom. The summed E-state index contributed by atoms with van der Waals surface area (Å²) in [5, 5.41) is 5.20. The molecular formula is C40H50N2O11. The van der Waals surface area contributed by atoms with Crippen molar-refractivity contribution in [2.45, 2.75) is 91.2 Å². The summed E-state index contributed by atoms with van der Waals surface area (Å²) >= 11 is 0. The first-order valence-electron chi connectivity index (χ1n) is 17.0. The number of benzene rings is 3. The van der Waals surface area contributed by atoms with E-state index >= 15 is 0 Å². The molecule has 0 fully saturated rings. The molecule has 13 nitrogen and oxygen atoms in total. The van der Waals surface area contributed by atoms with Crippen LogP contribution in [0.5, 0.6) is 11.5 Å². The first-order chi connectivity index (χ1) is 24.8. The molecule has 0 aliphatic rings. The summed E-state index contributed by atoms with van der Waals surface area (Å²) in [5.41, 5.74) is 1.30. The first-order valence-corrected chi connectivity index (χ1v) is 17.0. The molecule has 0 aromatic heterocycles. The van der Waals surface area contributed by atoms with Crippen LogP contribution in [-0.4, -0.2) is 74.5 Å². The van der Waals surface area contributed by atoms with Crippen molar-refractivity contribution in [2.75, 3.05) is 21.3 Å². The Morgan fingerprint density at radius 1 is 0.642 bits per heavy atom. The van der Waals surface area contributed by atoms with Crippen molar-refractivity contribution in [3.05, 3.63) is 82.9 Å². The number of methoxy groups -OCH3 is 3. The maximum absolute atomic E-state index is 13.5. The molecule has 53 heavy (non-hydrogen) atoms. The van der Waals surface area contributed by atoms with Crippen LogP contribution in [-0.2, 0) is 48.0 Å². The minimum Gasteiger partial charge on any atom is -0.496 e. The quantitative estimate of drug-likeness (QED) is 0.108. The van der Waals surface area contributed by atoms with Gasteiger partial charge in [0.05, 0.1) is 26.9 Å². The van der Waals surface area contributed by atoms with Gasteiger partial charge >= 0.3 is 24.1 Å². The smallest absolute Gasteiger partial charge is 0.408 e. The standard InChI is InChI=1S/C40H50N2O11/c1-24(43)28-19-27(22-32(36(45)52-39(2,3)4)41-37(46)51-23-25-14-12-11-13-15-25)20-30(34(28)49-9)29-18-26(16-17-33(29)48-8)21-31(35(44)50-10)42-38(47)53-40(5,6)7/h11-20,31-32H,21-23H2,1-10H3,(H,41,46)(H,42,47)/t31-,32-/m0/s1. The Balaban J connectivity index is 2.07. The molecule has 2 amide bonds. The van der Waals surface area contributed by atoms with Crippen molar-refractivity contribution in [2.24, 2.45) is 0 Å². The minimum atomic E-state index is -1.20. The topological polar surface area (TPSA) is 165 Å². The number of alkyl carbamates (subject to hydrolysis) is 2. The molecule has 2 atom stereocenters. The lowest BCUT2D eigenvalue weighted by Gasteiger charge is -2.25. The number of nitrogens with one attached hydrogen (secondary N) is 2. The summed E-state index contributed by atoms with van der Waals surface area (Å²) in [6.45, 7) is 11.6. The van der Waals surface area contributed by atoms with E-state index in [2.05, 4.69) is 10.6 Å². The number of amides is 2. The lowest BCUT2D eigenvalue weighted by atomic mass is 9.91. The monoisotopic (exact) mass is 734 g/mol. The number of ketones is 1. The predicted molar refractivity (Wildman–Crippen MR) is 197 cm³/mol. The fourth-order valence-electron chi connectivity index (χ4n) is 5.31. The maximum atomic E-state index is 13.5. The average molecular weight is 735 g/mol. The normalized spacial score (nSPS) is 12.4. The Morgan fingerprint density at radius 2 is 1.23 bits per heavy atom. The highest BCUT2D eigenvalue weighted by atomic mass is 16.6. The number of carbonyl (C=O) groups excluding carboxylic acids is 5. The van der Waals surface area contributed by atoms with Gasteiger partial charge in [0.1, 0.15) is 41.4 Å². The second kappa shape index (κ2) is 18.3. The molecule has 0 bridgehead atoms. The second-order valence-electron chi connectivity index (χ2n) is 14.2. The summed E-state index contributed by atoms with van der Waals surface area (Å²) in [5.74, 6) is -1.08. The van der Waals surface area contributed by atoms with Gasteiger partial charge in [0, 0.05) is 24.0 Å². The van der Waals surface area contributed by atoms with Crippen molar-refractivity contribution in [3.8, 4) is 22.6 Å². The number of ether oxygens (including phenoxy) is 6. The molecule has 0 aliphatic carbocycles. The van der Waals surface area contributed by atoms with Crippen LogP contribution in [0, 0.1) is 0 Å². The Labute approximate surface area is 310 Å². The summed E-state index contributed by atoms with van der Waals surface area (Å²) in [7, 11) is 4.12. The Kier molecular flexibility index (Phi) is 14.4. The van der Waals surface area contributed by atoms with Crippen LogP contribution in [0.1, 0.15) is 75.5 Å². The van der Waals surface area contributed by atoms with Gasteiger partial charge in [-0.15, -0.1) is 0 Å². The third kappa shape index (κ3) is 12.8. The van der Waals surface area contributed by atoms with E-state index in [1.54, 1.807) is 84.0 Å². The Hall–Kier alpha value is -5.59. The SMILES string of the molecule is COC(=O)[C@H](Cc1ccc(OC)c(-c2cc(C[C@H](NC(=O)OCc3ccccc3)C(=O)OC(C)(C)C)cc(C(C)=O)c2OC)c1)NC(=O)OC(C)(C)C. The first kappa shape index (κ1) is 41.8. The molecule has 286 valence electrons. The zero-order valence-electron chi connectivity index (χ0n) is 32.0. The third-order valence-electron chi connectivity index (χ3n) is 7.54. The largest absolute Gasteiger partial charge is 0.496 e. The molecule has 0 saturated heterocycles. The van der Waals surface area contributed by atoms with Gasteiger partial charge in [-0.25, -0.2) is 19.2 Å². The highest BCUT2D eigenvalue weighted by Crippen LogP contribution is 2.40. The van der Waals surface area contributed by atoms with Crippen molar-refractivity contribution in [1.82, 2.24) is 10.6 Å². The van der Waals surface area contributed by atoms with Crippen LogP contribution in [0.4, 0.5) is 9.59 Å². The molecule has 13 heteroatoms. The summed E-state index contributed by atoms with van der Waals surface area (Å²) < 4.78 is 32.8. The van der Waals surface area contributed by atoms with Gasteiger partial charge in [0.15, 0.2) is 5.78 Å². The molecule has 0 radical (unpaired) electrons. The van der Waals surface area contributed by atoms with Crippen molar-refractivity contribution < 1.29 is 52.4 Å². The van der Waals surface area contributed by atoms with Crippen molar-refractivity contribution in [1.29, 1.82) is 0 Å². The lowest BCUT2D eigenvalue weighted by molar-refractivity contribution is -0.157. The minimum absolute atomic E-state index is 0.0141. The fourth-order valence-corrected chi connectivity index (χ4v) is 5.31. The summed E-state index contributed by atoms with van der Waals surface area (Å²) in [6.07, 6.45) is -1.70. The lowest BCUT2D eigenvalue weighted by Crippen LogP contribution is -2.45. The van der Waals surface area contributed by atoms with E-state index in [-0.39, 0.29) is 36.5 Å². The summed E-state index contributed by atoms with van der Waals surface area (Å²) in [4.78, 5) is 64.8. The molecule has 0 aliphatic heterocycles. The van der Waals surface area contributed by atoms with Gasteiger partial charge in [-0.3, -0.25) is 4.79 Å². The number of esters is 2. The molecule has 0 unspecified atom stereocenters. The zero-order valence-corrected chi connectivity index (χ0v) is 32.0.